The molecule has 1 aliphatic rings. The molecule has 1 radical (unpaired) electrons. The normalized spacial score (nSPS) is 16.7. The second-order valence-corrected chi connectivity index (χ2v) is 8.95. The quantitative estimate of drug-likeness (QED) is 0.760. The minimum Gasteiger partial charge on any atom is -0.490 e. The third-order valence-corrected chi connectivity index (χ3v) is 6.04. The first-order valence-electron chi connectivity index (χ1n) is 9.08. The Bertz CT molecular complexity index is 886. The van der Waals surface area contributed by atoms with Crippen LogP contribution in [-0.2, 0) is 9.84 Å². The van der Waals surface area contributed by atoms with Crippen molar-refractivity contribution in [3.05, 3.63) is 54.7 Å². The molecule has 6 heteroatoms. The van der Waals surface area contributed by atoms with Crippen LogP contribution in [0.5, 0.6) is 5.75 Å². The smallest absolute Gasteiger partial charge is 0.176 e. The number of anilines is 1. The summed E-state index contributed by atoms with van der Waals surface area (Å²) in [5.74, 6) is 1.98. The van der Waals surface area contributed by atoms with Crippen LogP contribution < -0.4 is 9.64 Å². The van der Waals surface area contributed by atoms with E-state index in [2.05, 4.69) is 22.5 Å². The zero-order valence-electron chi connectivity index (χ0n) is 15.8. The maximum absolute atomic E-state index is 11.7. The summed E-state index contributed by atoms with van der Waals surface area (Å²) in [6.07, 6.45) is 6.83. The van der Waals surface area contributed by atoms with Crippen molar-refractivity contribution in [3.8, 4) is 5.75 Å². The van der Waals surface area contributed by atoms with Gasteiger partial charge in [-0.05, 0) is 61.6 Å². The number of ether oxygens (including phenoxy) is 1. The highest BCUT2D eigenvalue weighted by Crippen LogP contribution is 2.27. The molecule has 27 heavy (non-hydrogen) atoms. The Kier molecular flexibility index (Phi) is 5.85. The molecule has 2 heterocycles. The molecule has 0 aliphatic carbocycles. The van der Waals surface area contributed by atoms with Crippen molar-refractivity contribution in [1.29, 1.82) is 0 Å². The maximum atomic E-state index is 11.7. The summed E-state index contributed by atoms with van der Waals surface area (Å²) in [5.41, 5.74) is 1.02. The summed E-state index contributed by atoms with van der Waals surface area (Å²) in [7, 11) is -3.28. The molecule has 5 nitrogen and oxygen atoms in total. The van der Waals surface area contributed by atoms with Crippen LogP contribution in [0.2, 0.25) is 0 Å². The Morgan fingerprint density at radius 1 is 1.33 bits per heavy atom. The second kappa shape index (κ2) is 8.13. The molecule has 1 saturated heterocycles. The lowest BCUT2D eigenvalue weighted by Gasteiger charge is -2.35. The molecular formula is C21H25N2O3S. The molecule has 0 N–H and O–H groups in total. The first-order valence-corrected chi connectivity index (χ1v) is 11.0. The van der Waals surface area contributed by atoms with Crippen LogP contribution in [-0.4, -0.2) is 38.9 Å². The molecule has 3 rings (SSSR count). The maximum Gasteiger partial charge on any atom is 0.176 e. The minimum atomic E-state index is -3.28. The van der Waals surface area contributed by atoms with Crippen molar-refractivity contribution in [2.75, 3.05) is 24.2 Å². The molecule has 1 aliphatic heterocycles. The Hall–Kier alpha value is -2.34. The van der Waals surface area contributed by atoms with E-state index >= 15 is 0 Å². The predicted molar refractivity (Wildman–Crippen MR) is 108 cm³/mol. The van der Waals surface area contributed by atoms with Crippen LogP contribution in [0, 0.1) is 12.0 Å². The second-order valence-electron chi connectivity index (χ2n) is 6.96. The van der Waals surface area contributed by atoms with Gasteiger partial charge in [-0.3, -0.25) is 0 Å². The van der Waals surface area contributed by atoms with Gasteiger partial charge in [-0.2, -0.15) is 0 Å². The molecule has 1 aromatic heterocycles. The van der Waals surface area contributed by atoms with Gasteiger partial charge in [-0.25, -0.2) is 13.4 Å². The summed E-state index contributed by atoms with van der Waals surface area (Å²) in [5, 5.41) is 0. The molecule has 1 unspecified atom stereocenters. The molecule has 0 saturated carbocycles. The molecule has 0 spiro atoms. The summed E-state index contributed by atoms with van der Waals surface area (Å²) < 4.78 is 29.4. The number of hydrogen-bond donors (Lipinski definition) is 0. The highest BCUT2D eigenvalue weighted by atomic mass is 32.2. The van der Waals surface area contributed by atoms with E-state index in [0.29, 0.717) is 11.7 Å². The number of rotatable bonds is 6. The van der Waals surface area contributed by atoms with Crippen molar-refractivity contribution in [1.82, 2.24) is 4.98 Å². The van der Waals surface area contributed by atoms with E-state index in [1.54, 1.807) is 24.3 Å². The van der Waals surface area contributed by atoms with Crippen molar-refractivity contribution < 1.29 is 13.2 Å². The van der Waals surface area contributed by atoms with Crippen LogP contribution in [0.15, 0.2) is 48.0 Å². The van der Waals surface area contributed by atoms with Crippen molar-refractivity contribution in [3.63, 3.8) is 0 Å². The molecule has 0 amide bonds. The molecule has 2 aromatic rings. The molecule has 143 valence electrons. The van der Waals surface area contributed by atoms with E-state index in [9.17, 15) is 8.42 Å². The van der Waals surface area contributed by atoms with Gasteiger partial charge in [-0.15, -0.1) is 0 Å². The number of nitrogens with zero attached hydrogens (tertiary/aromatic N) is 2. The first-order chi connectivity index (χ1) is 12.9. The van der Waals surface area contributed by atoms with Crippen molar-refractivity contribution >= 4 is 21.7 Å². The van der Waals surface area contributed by atoms with Crippen LogP contribution >= 0.6 is 0 Å². The molecule has 1 aromatic carbocycles. The van der Waals surface area contributed by atoms with Gasteiger partial charge < -0.3 is 9.64 Å². The minimum absolute atomic E-state index is 0.0121. The van der Waals surface area contributed by atoms with Crippen molar-refractivity contribution in [2.24, 2.45) is 5.92 Å². The van der Waals surface area contributed by atoms with Gasteiger partial charge in [0.05, 0.1) is 11.0 Å². The number of hydrogen-bond acceptors (Lipinski definition) is 5. The molecule has 1 fully saturated rings. The largest absolute Gasteiger partial charge is 0.490 e. The van der Waals surface area contributed by atoms with Crippen LogP contribution in [0.25, 0.3) is 6.08 Å². The highest BCUT2D eigenvalue weighted by Gasteiger charge is 2.26. The Balaban J connectivity index is 1.58. The van der Waals surface area contributed by atoms with Gasteiger partial charge in [0.15, 0.2) is 9.84 Å². The monoisotopic (exact) mass is 385 g/mol. The van der Waals surface area contributed by atoms with E-state index in [-0.39, 0.29) is 11.0 Å². The average molecular weight is 386 g/mol. The standard InChI is InChI=1S/C21H25N2O3S/c1-4-17-8-9-21(22-15-17)23-12-10-18(11-13-23)16(2)26-19-6-5-7-20(14-19)27(3,24)25/h4-6,8-9,14-16,18H,1,10-13H2,2-3H3. The van der Waals surface area contributed by atoms with E-state index in [1.807, 2.05) is 25.3 Å². The van der Waals surface area contributed by atoms with E-state index < -0.39 is 9.84 Å². The van der Waals surface area contributed by atoms with Gasteiger partial charge in [0.2, 0.25) is 0 Å². The van der Waals surface area contributed by atoms with Crippen LogP contribution in [0.3, 0.4) is 0 Å². The summed E-state index contributed by atoms with van der Waals surface area (Å²) in [6.45, 7) is 7.66. The summed E-state index contributed by atoms with van der Waals surface area (Å²) in [4.78, 5) is 6.96. The lowest BCUT2D eigenvalue weighted by molar-refractivity contribution is 0.132. The molecule has 0 bridgehead atoms. The number of benzene rings is 1. The van der Waals surface area contributed by atoms with Gasteiger partial charge in [-0.1, -0.05) is 12.7 Å². The van der Waals surface area contributed by atoms with Crippen molar-refractivity contribution in [2.45, 2.75) is 30.8 Å². The van der Waals surface area contributed by atoms with Gasteiger partial charge in [0.25, 0.3) is 0 Å². The van der Waals surface area contributed by atoms with Gasteiger partial charge in [0, 0.05) is 31.6 Å². The number of sulfone groups is 1. The number of piperidine rings is 1. The summed E-state index contributed by atoms with van der Waals surface area (Å²) >= 11 is 0. The number of pyridine rings is 1. The van der Waals surface area contributed by atoms with Gasteiger partial charge >= 0.3 is 0 Å². The van der Waals surface area contributed by atoms with Gasteiger partial charge in [0.1, 0.15) is 11.6 Å². The summed E-state index contributed by atoms with van der Waals surface area (Å²) in [6, 6.07) is 11.7. The fraction of sp³-hybridized carbons (Fsp3) is 0.381. The SMILES string of the molecule is C=Cc1ccc(N2CCC(C(C)Oc3cc[c]c(S(C)(=O)=O)c3)CC2)nc1. The fourth-order valence-corrected chi connectivity index (χ4v) is 3.94. The third kappa shape index (κ3) is 4.89. The third-order valence-electron chi connectivity index (χ3n) is 5.00. The average Bonchev–Trinajstić information content (AvgIpc) is 2.68. The fourth-order valence-electron chi connectivity index (χ4n) is 3.33. The first kappa shape index (κ1) is 19.4. The lowest BCUT2D eigenvalue weighted by atomic mass is 9.92. The number of aromatic nitrogens is 1. The van der Waals surface area contributed by atoms with E-state index in [0.717, 1.165) is 37.3 Å². The van der Waals surface area contributed by atoms with E-state index in [4.69, 9.17) is 4.74 Å². The zero-order chi connectivity index (χ0) is 19.4. The zero-order valence-corrected chi connectivity index (χ0v) is 16.6. The van der Waals surface area contributed by atoms with E-state index in [1.165, 1.54) is 6.26 Å². The lowest BCUT2D eigenvalue weighted by Crippen LogP contribution is -2.39. The Morgan fingerprint density at radius 2 is 2.07 bits per heavy atom. The Labute approximate surface area is 161 Å². The topological polar surface area (TPSA) is 59.5 Å². The van der Waals surface area contributed by atoms with Crippen LogP contribution in [0.4, 0.5) is 5.82 Å². The Morgan fingerprint density at radius 3 is 2.67 bits per heavy atom. The van der Waals surface area contributed by atoms with Crippen LogP contribution in [0.1, 0.15) is 25.3 Å². The molecule has 1 atom stereocenters. The highest BCUT2D eigenvalue weighted by molar-refractivity contribution is 7.90. The molecular weight excluding hydrogens is 360 g/mol. The predicted octanol–water partition coefficient (Wildman–Crippen LogP) is 3.61.